The van der Waals surface area contributed by atoms with Crippen LogP contribution in [0.15, 0.2) is 103 Å². The van der Waals surface area contributed by atoms with Crippen molar-refractivity contribution in [3.8, 4) is 0 Å². The van der Waals surface area contributed by atoms with E-state index in [1.165, 1.54) is 12.1 Å². The number of aryl methyl sites for hydroxylation is 1. The van der Waals surface area contributed by atoms with E-state index >= 15 is 0 Å². The van der Waals surface area contributed by atoms with Crippen LogP contribution >= 0.6 is 0 Å². The van der Waals surface area contributed by atoms with Gasteiger partial charge in [-0.1, -0.05) is 91.0 Å². The van der Waals surface area contributed by atoms with Gasteiger partial charge < -0.3 is 4.90 Å². The summed E-state index contributed by atoms with van der Waals surface area (Å²) in [6, 6.07) is 23.6. The van der Waals surface area contributed by atoms with E-state index in [2.05, 4.69) is 0 Å². The second kappa shape index (κ2) is 9.11. The van der Waals surface area contributed by atoms with Gasteiger partial charge in [0.05, 0.1) is 11.6 Å². The Labute approximate surface area is 240 Å². The maximum atomic E-state index is 14.6. The highest BCUT2D eigenvalue weighted by Gasteiger charge is 2.71. The van der Waals surface area contributed by atoms with Gasteiger partial charge in [0.2, 0.25) is 0 Å². The molecule has 4 aromatic carbocycles. The highest BCUT2D eigenvalue weighted by molar-refractivity contribution is 6.32. The summed E-state index contributed by atoms with van der Waals surface area (Å²) in [4.78, 5) is 45.6. The number of alkyl halides is 3. The summed E-state index contributed by atoms with van der Waals surface area (Å²) < 4.78 is 40.8. The third-order valence-corrected chi connectivity index (χ3v) is 8.89. The van der Waals surface area contributed by atoms with Crippen molar-refractivity contribution >= 4 is 29.1 Å². The monoisotopic (exact) mass is 563 g/mol. The first-order valence-electron chi connectivity index (χ1n) is 13.7. The number of Topliss-reactive ketones (excluding diaryl/α,β-unsaturated/α-hetero) is 3. The molecule has 0 amide bonds. The van der Waals surface area contributed by atoms with E-state index in [9.17, 15) is 27.6 Å². The zero-order chi connectivity index (χ0) is 29.4. The molecule has 7 rings (SSSR count). The Hall–Kier alpha value is -4.78. The van der Waals surface area contributed by atoms with Gasteiger partial charge in [0.1, 0.15) is 11.5 Å². The van der Waals surface area contributed by atoms with E-state index in [4.69, 9.17) is 0 Å². The van der Waals surface area contributed by atoms with Crippen molar-refractivity contribution in [1.82, 2.24) is 0 Å². The van der Waals surface area contributed by atoms with Crippen LogP contribution in [0.5, 0.6) is 0 Å². The summed E-state index contributed by atoms with van der Waals surface area (Å²) in [7, 11) is 0. The third-order valence-electron chi connectivity index (χ3n) is 8.89. The van der Waals surface area contributed by atoms with E-state index in [1.54, 1.807) is 60.7 Å². The van der Waals surface area contributed by atoms with Gasteiger partial charge in [-0.15, -0.1) is 0 Å². The van der Waals surface area contributed by atoms with E-state index in [0.29, 0.717) is 16.8 Å². The molecule has 0 N–H and O–H groups in total. The molecule has 1 fully saturated rings. The Bertz CT molecular complexity index is 1770. The maximum absolute atomic E-state index is 14.6. The van der Waals surface area contributed by atoms with Crippen LogP contribution in [-0.2, 0) is 6.18 Å². The average molecular weight is 564 g/mol. The summed E-state index contributed by atoms with van der Waals surface area (Å²) >= 11 is 0. The number of ketones is 3. The molecule has 0 saturated carbocycles. The van der Waals surface area contributed by atoms with Crippen LogP contribution in [0.2, 0.25) is 0 Å². The molecule has 42 heavy (non-hydrogen) atoms. The van der Waals surface area contributed by atoms with Gasteiger partial charge in [0.25, 0.3) is 0 Å². The van der Waals surface area contributed by atoms with Gasteiger partial charge in [-0.2, -0.15) is 13.2 Å². The fraction of sp³-hybridized carbons (Fsp3) is 0.171. The normalized spacial score (nSPS) is 21.8. The van der Waals surface area contributed by atoms with Gasteiger partial charge >= 0.3 is 6.18 Å². The fourth-order valence-electron chi connectivity index (χ4n) is 7.10. The quantitative estimate of drug-likeness (QED) is 0.194. The molecule has 0 radical (unpaired) electrons. The fourth-order valence-corrected chi connectivity index (χ4v) is 7.10. The van der Waals surface area contributed by atoms with Crippen molar-refractivity contribution < 1.29 is 27.6 Å². The number of hydrogen-bond acceptors (Lipinski definition) is 4. The second-order valence-electron chi connectivity index (χ2n) is 11.1. The van der Waals surface area contributed by atoms with Crippen LogP contribution in [0.3, 0.4) is 0 Å². The standard InChI is InChI=1S/C35H24F3NO3/c1-20-11-12-21-15-18-28-34(32(41)25-9-5-6-10-26(25)33(34)42)29(22-13-16-24(17-14-22)35(36,37)38)30(39(28)27(21)19-20)31(40)23-7-3-2-4-8-23/h2-19,28-30H,1H3/t28-,29+,30+/m1/s1. The lowest BCUT2D eigenvalue weighted by Crippen LogP contribution is -2.48. The molecule has 0 aromatic heterocycles. The van der Waals surface area contributed by atoms with E-state index in [0.717, 1.165) is 23.3 Å². The van der Waals surface area contributed by atoms with Crippen molar-refractivity contribution in [3.63, 3.8) is 0 Å². The Balaban J connectivity index is 1.54. The van der Waals surface area contributed by atoms with Gasteiger partial charge in [0.15, 0.2) is 17.3 Å². The Morgan fingerprint density at radius 3 is 2.05 bits per heavy atom. The Kier molecular flexibility index (Phi) is 5.67. The van der Waals surface area contributed by atoms with Crippen LogP contribution in [0.4, 0.5) is 18.9 Å². The molecule has 4 nitrogen and oxygen atoms in total. The van der Waals surface area contributed by atoms with Crippen molar-refractivity contribution in [2.75, 3.05) is 4.90 Å². The number of carbonyl (C=O) groups excluding carboxylic acids is 3. The topological polar surface area (TPSA) is 54.5 Å². The smallest absolute Gasteiger partial charge is 0.352 e. The van der Waals surface area contributed by atoms with Gasteiger partial charge in [0, 0.05) is 28.3 Å². The summed E-state index contributed by atoms with van der Waals surface area (Å²) in [5.74, 6) is -2.23. The summed E-state index contributed by atoms with van der Waals surface area (Å²) in [5, 5.41) is 0. The maximum Gasteiger partial charge on any atom is 0.416 e. The molecule has 3 atom stereocenters. The zero-order valence-electron chi connectivity index (χ0n) is 22.4. The summed E-state index contributed by atoms with van der Waals surface area (Å²) in [6.07, 6.45) is -0.911. The molecule has 1 saturated heterocycles. The minimum atomic E-state index is -4.57. The molecule has 4 aromatic rings. The number of hydrogen-bond donors (Lipinski definition) is 0. The van der Waals surface area contributed by atoms with Gasteiger partial charge in [-0.3, -0.25) is 14.4 Å². The first kappa shape index (κ1) is 26.1. The summed E-state index contributed by atoms with van der Waals surface area (Å²) in [6.45, 7) is 1.92. The zero-order valence-corrected chi connectivity index (χ0v) is 22.4. The van der Waals surface area contributed by atoms with Gasteiger partial charge in [-0.25, -0.2) is 0 Å². The lowest BCUT2D eigenvalue weighted by Gasteiger charge is -2.37. The number of halogens is 3. The number of fused-ring (bicyclic) bond motifs is 5. The molecular formula is C35H24F3NO3. The van der Waals surface area contributed by atoms with Crippen LogP contribution in [-0.4, -0.2) is 29.4 Å². The molecule has 2 aliphatic heterocycles. The largest absolute Gasteiger partial charge is 0.416 e. The van der Waals surface area contributed by atoms with Crippen LogP contribution < -0.4 is 4.90 Å². The van der Waals surface area contributed by atoms with E-state index in [1.807, 2.05) is 36.1 Å². The molecule has 2 heterocycles. The number of benzene rings is 4. The number of anilines is 1. The molecule has 1 aliphatic carbocycles. The van der Waals surface area contributed by atoms with Crippen molar-refractivity contribution in [2.24, 2.45) is 5.41 Å². The lowest BCUT2D eigenvalue weighted by molar-refractivity contribution is -0.137. The molecule has 3 aliphatic rings. The average Bonchev–Trinajstić information content (AvgIpc) is 3.43. The molecule has 0 unspecified atom stereocenters. The van der Waals surface area contributed by atoms with Crippen molar-refractivity contribution in [2.45, 2.75) is 31.1 Å². The van der Waals surface area contributed by atoms with Crippen molar-refractivity contribution in [3.05, 3.63) is 142 Å². The van der Waals surface area contributed by atoms with Crippen molar-refractivity contribution in [1.29, 1.82) is 0 Å². The summed E-state index contributed by atoms with van der Waals surface area (Å²) in [5.41, 5.74) is 1.05. The first-order valence-corrected chi connectivity index (χ1v) is 13.7. The molecule has 7 heteroatoms. The number of nitrogens with zero attached hydrogens (tertiary/aromatic N) is 1. The van der Waals surface area contributed by atoms with Gasteiger partial charge in [-0.05, 0) is 41.8 Å². The van der Waals surface area contributed by atoms with E-state index < -0.39 is 46.7 Å². The minimum Gasteiger partial charge on any atom is -0.352 e. The SMILES string of the molecule is Cc1ccc2c(c1)N1[C@H](C(=O)c3ccccc3)[C@H](c3ccc(C(F)(F)F)cc3)C3(C(=O)c4ccccc4C3=O)[C@H]1C=C2. The number of rotatable bonds is 3. The molecule has 1 spiro atoms. The predicted octanol–water partition coefficient (Wildman–Crippen LogP) is 7.33. The first-order chi connectivity index (χ1) is 20.1. The van der Waals surface area contributed by atoms with Crippen LogP contribution in [0, 0.1) is 12.3 Å². The lowest BCUT2D eigenvalue weighted by atomic mass is 9.64. The highest BCUT2D eigenvalue weighted by atomic mass is 19.4. The second-order valence-corrected chi connectivity index (χ2v) is 11.1. The Morgan fingerprint density at radius 1 is 0.810 bits per heavy atom. The minimum absolute atomic E-state index is 0.260. The molecule has 0 bridgehead atoms. The van der Waals surface area contributed by atoms with Crippen LogP contribution in [0.25, 0.3) is 6.08 Å². The van der Waals surface area contributed by atoms with E-state index in [-0.39, 0.29) is 16.9 Å². The predicted molar refractivity (Wildman–Crippen MR) is 153 cm³/mol. The molecule has 208 valence electrons. The molecular weight excluding hydrogens is 539 g/mol. The third kappa shape index (κ3) is 3.52. The number of carbonyl (C=O) groups is 3. The van der Waals surface area contributed by atoms with Crippen LogP contribution in [0.1, 0.15) is 59.2 Å². The Morgan fingerprint density at radius 2 is 1.43 bits per heavy atom. The highest BCUT2D eigenvalue weighted by Crippen LogP contribution is 2.61.